The number of likely N-dealkylation sites (tertiary alicyclic amines) is 1. The summed E-state index contributed by atoms with van der Waals surface area (Å²) < 4.78 is 32.3. The number of halogens is 3. The number of hydrazone groups is 1. The highest BCUT2D eigenvalue weighted by molar-refractivity contribution is 6.30. The molecule has 40 heavy (non-hydrogen) atoms. The van der Waals surface area contributed by atoms with Crippen LogP contribution in [0.25, 0.3) is 0 Å². The monoisotopic (exact) mass is 576 g/mol. The van der Waals surface area contributed by atoms with Crippen LogP contribution < -0.4 is 15.8 Å². The van der Waals surface area contributed by atoms with Gasteiger partial charge >= 0.3 is 0 Å². The molecule has 0 spiro atoms. The molecule has 1 fully saturated rings. The SMILES string of the molecule is CC(C)(N)C(=O)NC(COc1cccc(Cl)c1)C(=O)N1CCC2=NN(CC(F)F)C(=O)[C@]2(Cc2ccccn2)C1. The summed E-state index contributed by atoms with van der Waals surface area (Å²) in [5.41, 5.74) is 4.28. The quantitative estimate of drug-likeness (QED) is 0.446. The Morgan fingerprint density at radius 2 is 2.02 bits per heavy atom. The Kier molecular flexibility index (Phi) is 8.69. The standard InChI is InChI=1S/C27H31ClF2N6O4/c1-26(2,31)24(38)33-20(15-40-19-8-5-6-17(28)12-19)23(37)35-11-9-21-27(16-35,13-18-7-3-4-10-32-18)25(39)36(34-21)14-22(29)30/h3-8,10,12,20,22H,9,11,13-16,31H2,1-2H3,(H,33,38)/t20?,27-/m1/s1. The van der Waals surface area contributed by atoms with E-state index in [1.54, 1.807) is 48.7 Å². The van der Waals surface area contributed by atoms with Gasteiger partial charge in [-0.05, 0) is 44.2 Å². The molecule has 0 bridgehead atoms. The number of aromatic nitrogens is 1. The Morgan fingerprint density at radius 3 is 2.67 bits per heavy atom. The molecule has 2 aliphatic rings. The zero-order valence-electron chi connectivity index (χ0n) is 22.1. The van der Waals surface area contributed by atoms with Gasteiger partial charge in [0.05, 0.1) is 11.3 Å². The number of nitrogens with zero attached hydrogens (tertiary/aromatic N) is 4. The van der Waals surface area contributed by atoms with E-state index in [1.165, 1.54) is 18.7 Å². The number of ether oxygens (including phenoxy) is 1. The maximum Gasteiger partial charge on any atom is 0.258 e. The molecule has 214 valence electrons. The van der Waals surface area contributed by atoms with Gasteiger partial charge in [0, 0.05) is 42.8 Å². The normalized spacial score (nSPS) is 19.8. The van der Waals surface area contributed by atoms with E-state index in [1.807, 2.05) is 0 Å². The number of benzene rings is 1. The third-order valence-corrected chi connectivity index (χ3v) is 6.99. The highest BCUT2D eigenvalue weighted by atomic mass is 35.5. The molecule has 4 rings (SSSR count). The van der Waals surface area contributed by atoms with Crippen molar-refractivity contribution in [1.29, 1.82) is 0 Å². The van der Waals surface area contributed by atoms with Crippen LogP contribution >= 0.6 is 11.6 Å². The van der Waals surface area contributed by atoms with Crippen LogP contribution in [-0.2, 0) is 20.8 Å². The summed E-state index contributed by atoms with van der Waals surface area (Å²) in [5.74, 6) is -1.33. The van der Waals surface area contributed by atoms with Gasteiger partial charge in [0.25, 0.3) is 12.3 Å². The number of amides is 3. The first kappa shape index (κ1) is 29.3. The molecule has 0 aliphatic carbocycles. The summed E-state index contributed by atoms with van der Waals surface area (Å²) in [6, 6.07) is 10.6. The molecule has 13 heteroatoms. The van der Waals surface area contributed by atoms with E-state index in [2.05, 4.69) is 15.4 Å². The average molecular weight is 577 g/mol. The van der Waals surface area contributed by atoms with E-state index < -0.39 is 47.7 Å². The Balaban J connectivity index is 1.61. The molecule has 3 heterocycles. The lowest BCUT2D eigenvalue weighted by Gasteiger charge is -2.40. The second-order valence-electron chi connectivity index (χ2n) is 10.4. The maximum absolute atomic E-state index is 13.9. The molecule has 10 nitrogen and oxygen atoms in total. The smallest absolute Gasteiger partial charge is 0.258 e. The van der Waals surface area contributed by atoms with Crippen LogP contribution in [0.15, 0.2) is 53.8 Å². The molecule has 3 amide bonds. The summed E-state index contributed by atoms with van der Waals surface area (Å²) in [4.78, 5) is 46.0. The van der Waals surface area contributed by atoms with Gasteiger partial charge in [-0.3, -0.25) is 19.4 Å². The fourth-order valence-corrected chi connectivity index (χ4v) is 4.90. The van der Waals surface area contributed by atoms with Gasteiger partial charge in [-0.1, -0.05) is 23.7 Å². The topological polar surface area (TPSA) is 130 Å². The molecule has 1 aromatic carbocycles. The third-order valence-electron chi connectivity index (χ3n) is 6.75. The Hall–Kier alpha value is -3.64. The van der Waals surface area contributed by atoms with Crippen molar-refractivity contribution in [2.24, 2.45) is 16.3 Å². The highest BCUT2D eigenvalue weighted by Gasteiger charge is 2.55. The lowest BCUT2D eigenvalue weighted by atomic mass is 9.74. The minimum Gasteiger partial charge on any atom is -0.491 e. The first-order chi connectivity index (χ1) is 18.9. The van der Waals surface area contributed by atoms with Crippen LogP contribution in [0.2, 0.25) is 5.02 Å². The number of nitrogens with two attached hydrogens (primary N) is 1. The number of carbonyl (C=O) groups excluding carboxylic acids is 3. The highest BCUT2D eigenvalue weighted by Crippen LogP contribution is 2.38. The molecule has 3 N–H and O–H groups in total. The molecule has 1 aromatic heterocycles. The second kappa shape index (κ2) is 11.8. The number of fused-ring (bicyclic) bond motifs is 1. The number of carbonyl (C=O) groups is 3. The van der Waals surface area contributed by atoms with Crippen LogP contribution in [0, 0.1) is 5.41 Å². The summed E-state index contributed by atoms with van der Waals surface area (Å²) in [6.07, 6.45) is -0.956. The van der Waals surface area contributed by atoms with Gasteiger partial charge in [-0.25, -0.2) is 13.8 Å². The van der Waals surface area contributed by atoms with Crippen LogP contribution in [0.4, 0.5) is 8.78 Å². The van der Waals surface area contributed by atoms with Crippen molar-refractivity contribution >= 4 is 35.0 Å². The molecular formula is C27H31ClF2N6O4. The van der Waals surface area contributed by atoms with Crippen molar-refractivity contribution in [1.82, 2.24) is 20.2 Å². The number of piperidine rings is 1. The average Bonchev–Trinajstić information content (AvgIpc) is 3.15. The number of hydrogen-bond acceptors (Lipinski definition) is 7. The van der Waals surface area contributed by atoms with E-state index in [0.717, 1.165) is 5.01 Å². The fourth-order valence-electron chi connectivity index (χ4n) is 4.71. The van der Waals surface area contributed by atoms with Crippen molar-refractivity contribution in [3.63, 3.8) is 0 Å². The molecule has 1 unspecified atom stereocenters. The van der Waals surface area contributed by atoms with Gasteiger partial charge < -0.3 is 20.7 Å². The predicted octanol–water partition coefficient (Wildman–Crippen LogP) is 2.26. The van der Waals surface area contributed by atoms with E-state index in [4.69, 9.17) is 22.1 Å². The zero-order valence-corrected chi connectivity index (χ0v) is 22.9. The molecule has 1 saturated heterocycles. The number of hydrogen-bond donors (Lipinski definition) is 2. The summed E-state index contributed by atoms with van der Waals surface area (Å²) >= 11 is 6.04. The van der Waals surface area contributed by atoms with Crippen molar-refractivity contribution < 1.29 is 27.9 Å². The minimum absolute atomic E-state index is 0.0703. The molecule has 2 atom stereocenters. The van der Waals surface area contributed by atoms with Crippen molar-refractivity contribution in [2.75, 3.05) is 26.2 Å². The second-order valence-corrected chi connectivity index (χ2v) is 10.9. The van der Waals surface area contributed by atoms with Crippen molar-refractivity contribution in [3.05, 3.63) is 59.4 Å². The van der Waals surface area contributed by atoms with Crippen molar-refractivity contribution in [2.45, 2.75) is 44.7 Å². The number of pyridine rings is 1. The zero-order chi connectivity index (χ0) is 29.1. The van der Waals surface area contributed by atoms with Gasteiger partial charge in [0.1, 0.15) is 30.4 Å². The number of alkyl halides is 2. The largest absolute Gasteiger partial charge is 0.491 e. The Morgan fingerprint density at radius 1 is 1.25 bits per heavy atom. The summed E-state index contributed by atoms with van der Waals surface area (Å²) in [6.45, 7) is 1.95. The van der Waals surface area contributed by atoms with Crippen LogP contribution in [0.1, 0.15) is 26.0 Å². The molecule has 0 radical (unpaired) electrons. The maximum atomic E-state index is 13.9. The number of nitrogens with one attached hydrogen (secondary N) is 1. The molecular weight excluding hydrogens is 546 g/mol. The van der Waals surface area contributed by atoms with E-state index in [-0.39, 0.29) is 32.5 Å². The van der Waals surface area contributed by atoms with Crippen molar-refractivity contribution in [3.8, 4) is 5.75 Å². The summed E-state index contributed by atoms with van der Waals surface area (Å²) in [7, 11) is 0. The fraction of sp³-hybridized carbons (Fsp3) is 0.444. The first-order valence-corrected chi connectivity index (χ1v) is 13.1. The molecule has 2 aliphatic heterocycles. The number of rotatable bonds is 10. The van der Waals surface area contributed by atoms with E-state index >= 15 is 0 Å². The van der Waals surface area contributed by atoms with Crippen LogP contribution in [-0.4, -0.2) is 82.6 Å². The van der Waals surface area contributed by atoms with Gasteiger partial charge in [-0.2, -0.15) is 5.10 Å². The molecule has 0 saturated carbocycles. The third kappa shape index (κ3) is 6.56. The van der Waals surface area contributed by atoms with E-state index in [0.29, 0.717) is 22.2 Å². The van der Waals surface area contributed by atoms with Gasteiger partial charge in [0.2, 0.25) is 11.8 Å². The van der Waals surface area contributed by atoms with Gasteiger partial charge in [-0.15, -0.1) is 0 Å². The first-order valence-electron chi connectivity index (χ1n) is 12.7. The Labute approximate surface area is 235 Å². The minimum atomic E-state index is -2.78. The van der Waals surface area contributed by atoms with Crippen LogP contribution in [0.5, 0.6) is 5.75 Å². The molecule has 2 aromatic rings. The lowest BCUT2D eigenvalue weighted by molar-refractivity contribution is -0.144. The van der Waals surface area contributed by atoms with Gasteiger partial charge in [0.15, 0.2) is 0 Å². The van der Waals surface area contributed by atoms with Crippen LogP contribution in [0.3, 0.4) is 0 Å². The Bertz CT molecular complexity index is 1290. The lowest BCUT2D eigenvalue weighted by Crippen LogP contribution is -2.62. The summed E-state index contributed by atoms with van der Waals surface area (Å²) in [5, 5.41) is 8.11. The van der Waals surface area contributed by atoms with E-state index in [9.17, 15) is 23.2 Å². The predicted molar refractivity (Wildman–Crippen MR) is 144 cm³/mol.